The molecule has 0 unspecified atom stereocenters. The van der Waals surface area contributed by atoms with Crippen LogP contribution < -0.4 is 20.1 Å². The fourth-order valence-corrected chi connectivity index (χ4v) is 2.80. The van der Waals surface area contributed by atoms with Gasteiger partial charge in [-0.25, -0.2) is 19.2 Å². The van der Waals surface area contributed by atoms with Crippen molar-refractivity contribution >= 4 is 17.7 Å². The number of halogens is 1. The molecule has 3 heterocycles. The van der Waals surface area contributed by atoms with Gasteiger partial charge in [0.15, 0.2) is 23.4 Å². The zero-order chi connectivity index (χ0) is 25.4. The van der Waals surface area contributed by atoms with E-state index in [2.05, 4.69) is 35.8 Å². The largest absolute Gasteiger partial charge is 0.494 e. The quantitative estimate of drug-likeness (QED) is 0.412. The summed E-state index contributed by atoms with van der Waals surface area (Å²) in [6.07, 6.45) is 3.43. The Labute approximate surface area is 200 Å². The number of rotatable bonds is 9. The molecule has 3 aromatic heterocycles. The molecule has 13 heteroatoms. The number of hydrogen-bond donors (Lipinski definition) is 3. The number of H-pyrrole nitrogens is 1. The number of nitrogens with one attached hydrogen (secondary N) is 3. The molecule has 0 aliphatic rings. The van der Waals surface area contributed by atoms with E-state index in [0.29, 0.717) is 28.6 Å². The molecule has 0 aliphatic carbocycles. The van der Waals surface area contributed by atoms with E-state index in [0.717, 1.165) is 0 Å². The van der Waals surface area contributed by atoms with Gasteiger partial charge in [-0.05, 0) is 20.8 Å². The van der Waals surface area contributed by atoms with Crippen LogP contribution in [0.15, 0.2) is 30.9 Å². The molecule has 184 valence electrons. The second-order valence-electron chi connectivity index (χ2n) is 8.20. The predicted octanol–water partition coefficient (Wildman–Crippen LogP) is 3.13. The van der Waals surface area contributed by atoms with E-state index in [1.807, 2.05) is 6.07 Å². The highest BCUT2D eigenvalue weighted by Gasteiger charge is 2.20. The number of amides is 1. The van der Waals surface area contributed by atoms with Crippen LogP contribution in [-0.2, 0) is 4.74 Å². The molecule has 0 saturated carbocycles. The van der Waals surface area contributed by atoms with Crippen molar-refractivity contribution in [2.75, 3.05) is 25.6 Å². The molecule has 0 radical (unpaired) electrons. The van der Waals surface area contributed by atoms with E-state index in [1.165, 1.54) is 31.9 Å². The molecule has 0 bridgehead atoms. The number of aromatic nitrogens is 5. The molecule has 3 aromatic rings. The average Bonchev–Trinajstić information content (AvgIpc) is 3.28. The first-order chi connectivity index (χ1) is 16.7. The van der Waals surface area contributed by atoms with Crippen LogP contribution in [0.3, 0.4) is 0 Å². The summed E-state index contributed by atoms with van der Waals surface area (Å²) in [5.41, 5.74) is 0.485. The van der Waals surface area contributed by atoms with Crippen LogP contribution in [0.25, 0.3) is 11.3 Å². The van der Waals surface area contributed by atoms with Gasteiger partial charge in [0, 0.05) is 6.07 Å². The average molecular weight is 484 g/mol. The standard InChI is InChI=1S/C22H25FN8O4/c1-22(2,3)35-21(32)28-7-13(23)12-34-17-10-25-9-16(33-4)20(17)15-5-18(31-30-15)29-19-11-26-14(6-24)8-27-19/h5,8-11,13H,7,12H2,1-4H3,(H,28,32)(H2,27,29,30,31)/t13-/m0/s1. The fourth-order valence-electron chi connectivity index (χ4n) is 2.80. The van der Waals surface area contributed by atoms with E-state index in [-0.39, 0.29) is 24.6 Å². The Morgan fingerprint density at radius 1 is 1.20 bits per heavy atom. The van der Waals surface area contributed by atoms with E-state index in [4.69, 9.17) is 19.5 Å². The summed E-state index contributed by atoms with van der Waals surface area (Å²) in [4.78, 5) is 23.8. The van der Waals surface area contributed by atoms with Crippen molar-refractivity contribution in [1.29, 1.82) is 5.26 Å². The first kappa shape index (κ1) is 25.2. The molecule has 3 rings (SSSR count). The summed E-state index contributed by atoms with van der Waals surface area (Å²) < 4.78 is 30.5. The van der Waals surface area contributed by atoms with Gasteiger partial charge in [0.2, 0.25) is 0 Å². The van der Waals surface area contributed by atoms with Crippen molar-refractivity contribution < 1.29 is 23.4 Å². The highest BCUT2D eigenvalue weighted by atomic mass is 19.1. The van der Waals surface area contributed by atoms with Crippen molar-refractivity contribution in [2.45, 2.75) is 32.5 Å². The zero-order valence-electron chi connectivity index (χ0n) is 19.6. The topological polar surface area (TPSA) is 160 Å². The van der Waals surface area contributed by atoms with Gasteiger partial charge in [0.25, 0.3) is 0 Å². The molecule has 0 spiro atoms. The minimum Gasteiger partial charge on any atom is -0.494 e. The Bertz CT molecular complexity index is 1190. The van der Waals surface area contributed by atoms with E-state index in [9.17, 15) is 9.18 Å². The Morgan fingerprint density at radius 3 is 2.63 bits per heavy atom. The molecular weight excluding hydrogens is 459 g/mol. The monoisotopic (exact) mass is 484 g/mol. The minimum absolute atomic E-state index is 0.189. The number of carbonyl (C=O) groups is 1. The first-order valence-electron chi connectivity index (χ1n) is 10.5. The maximum atomic E-state index is 14.4. The normalized spacial score (nSPS) is 11.8. The van der Waals surface area contributed by atoms with Crippen molar-refractivity contribution in [3.63, 3.8) is 0 Å². The van der Waals surface area contributed by atoms with Gasteiger partial charge in [-0.1, -0.05) is 0 Å². The van der Waals surface area contributed by atoms with Gasteiger partial charge in [0.05, 0.1) is 49.7 Å². The molecule has 0 saturated heterocycles. The Balaban J connectivity index is 1.68. The number of anilines is 2. The molecule has 35 heavy (non-hydrogen) atoms. The Hall–Kier alpha value is -4.47. The van der Waals surface area contributed by atoms with Gasteiger partial charge in [-0.2, -0.15) is 10.4 Å². The second-order valence-corrected chi connectivity index (χ2v) is 8.20. The van der Waals surface area contributed by atoms with Crippen molar-refractivity contribution in [2.24, 2.45) is 0 Å². The number of alkyl halides is 1. The highest BCUT2D eigenvalue weighted by Crippen LogP contribution is 2.37. The van der Waals surface area contributed by atoms with Gasteiger partial charge in [0.1, 0.15) is 29.8 Å². The molecule has 3 N–H and O–H groups in total. The number of methoxy groups -OCH3 is 1. The summed E-state index contributed by atoms with van der Waals surface area (Å²) in [5.74, 6) is 1.42. The summed E-state index contributed by atoms with van der Waals surface area (Å²) >= 11 is 0. The maximum absolute atomic E-state index is 14.4. The predicted molar refractivity (Wildman–Crippen MR) is 123 cm³/mol. The van der Waals surface area contributed by atoms with Crippen LogP contribution in [0.5, 0.6) is 11.5 Å². The number of pyridine rings is 1. The number of alkyl carbamates (subject to hydrolysis) is 1. The lowest BCUT2D eigenvalue weighted by Gasteiger charge is -2.20. The summed E-state index contributed by atoms with van der Waals surface area (Å²) in [7, 11) is 1.47. The molecule has 0 fully saturated rings. The summed E-state index contributed by atoms with van der Waals surface area (Å²) in [6, 6.07) is 3.56. The third-order valence-corrected chi connectivity index (χ3v) is 4.25. The molecule has 1 amide bonds. The molecular formula is C22H25FN8O4. The van der Waals surface area contributed by atoms with E-state index < -0.39 is 17.9 Å². The molecule has 0 aromatic carbocycles. The van der Waals surface area contributed by atoms with Crippen LogP contribution in [0, 0.1) is 11.3 Å². The maximum Gasteiger partial charge on any atom is 0.407 e. The molecule has 0 aliphatic heterocycles. The van der Waals surface area contributed by atoms with E-state index in [1.54, 1.807) is 26.8 Å². The van der Waals surface area contributed by atoms with Gasteiger partial charge in [-0.15, -0.1) is 0 Å². The lowest BCUT2D eigenvalue weighted by Crippen LogP contribution is -2.37. The van der Waals surface area contributed by atoms with Crippen LogP contribution in [-0.4, -0.2) is 63.3 Å². The van der Waals surface area contributed by atoms with Crippen molar-refractivity contribution in [3.8, 4) is 28.8 Å². The third kappa shape index (κ3) is 7.26. The third-order valence-electron chi connectivity index (χ3n) is 4.25. The van der Waals surface area contributed by atoms with Crippen molar-refractivity contribution in [1.82, 2.24) is 30.5 Å². The molecule has 12 nitrogen and oxygen atoms in total. The molecule has 1 atom stereocenters. The summed E-state index contributed by atoms with van der Waals surface area (Å²) in [5, 5.41) is 21.2. The SMILES string of the molecule is COc1cncc(OC[C@@H](F)CNC(=O)OC(C)(C)C)c1-c1cc(Nc2cnc(C#N)cn2)n[nH]1. The Morgan fingerprint density at radius 2 is 1.97 bits per heavy atom. The lowest BCUT2D eigenvalue weighted by atomic mass is 10.1. The number of aromatic amines is 1. The highest BCUT2D eigenvalue weighted by molar-refractivity contribution is 5.75. The smallest absolute Gasteiger partial charge is 0.407 e. The van der Waals surface area contributed by atoms with Crippen molar-refractivity contribution in [3.05, 3.63) is 36.5 Å². The minimum atomic E-state index is -1.50. The number of hydrogen-bond acceptors (Lipinski definition) is 10. The number of nitriles is 1. The van der Waals surface area contributed by atoms with Crippen LogP contribution in [0.1, 0.15) is 26.5 Å². The van der Waals surface area contributed by atoms with Gasteiger partial charge in [-0.3, -0.25) is 10.1 Å². The Kier molecular flexibility index (Phi) is 7.98. The number of nitrogens with zero attached hydrogens (tertiary/aromatic N) is 5. The van der Waals surface area contributed by atoms with Gasteiger partial charge >= 0.3 is 6.09 Å². The van der Waals surface area contributed by atoms with Crippen LogP contribution in [0.2, 0.25) is 0 Å². The lowest BCUT2D eigenvalue weighted by molar-refractivity contribution is 0.0505. The van der Waals surface area contributed by atoms with Gasteiger partial charge < -0.3 is 24.8 Å². The van der Waals surface area contributed by atoms with Crippen LogP contribution >= 0.6 is 0 Å². The summed E-state index contributed by atoms with van der Waals surface area (Å²) in [6.45, 7) is 4.51. The van der Waals surface area contributed by atoms with Crippen LogP contribution in [0.4, 0.5) is 20.8 Å². The number of ether oxygens (including phenoxy) is 3. The fraction of sp³-hybridized carbons (Fsp3) is 0.364. The zero-order valence-corrected chi connectivity index (χ0v) is 19.6. The van der Waals surface area contributed by atoms with E-state index >= 15 is 0 Å². The number of carbonyl (C=O) groups excluding carboxylic acids is 1. The first-order valence-corrected chi connectivity index (χ1v) is 10.5. The second kappa shape index (κ2) is 11.1.